The molecular formula is C19H19NO3S. The highest BCUT2D eigenvalue weighted by Gasteiger charge is 2.10. The minimum Gasteiger partial charge on any atom is -0.497 e. The quantitative estimate of drug-likeness (QED) is 0.655. The van der Waals surface area contributed by atoms with Crippen molar-refractivity contribution >= 4 is 10.8 Å². The average Bonchev–Trinajstić information content (AvgIpc) is 3.09. The lowest BCUT2D eigenvalue weighted by Crippen LogP contribution is -2.04. The number of rotatable bonds is 7. The van der Waals surface area contributed by atoms with Crippen molar-refractivity contribution in [2.45, 2.75) is 12.2 Å². The standard InChI is InChI=1S/C19H19NO3S/c1-22-18-9-7-16(8-10-18)19-20-17(13-23-19)14-24(21)12-11-15-5-3-2-4-6-15/h2-10,13H,11-12,14H2,1H3/t24-/m0/s1. The highest BCUT2D eigenvalue weighted by Crippen LogP contribution is 2.22. The Morgan fingerprint density at radius 3 is 2.54 bits per heavy atom. The third kappa shape index (κ3) is 4.32. The molecule has 124 valence electrons. The van der Waals surface area contributed by atoms with Crippen LogP contribution < -0.4 is 4.74 Å². The SMILES string of the molecule is COc1ccc(-c2nc(C[S@@](=O)CCc3ccccc3)co2)cc1. The first-order valence-corrected chi connectivity index (χ1v) is 9.21. The van der Waals surface area contributed by atoms with Crippen LogP contribution in [0.1, 0.15) is 11.3 Å². The maximum atomic E-state index is 12.2. The van der Waals surface area contributed by atoms with Gasteiger partial charge in [0.25, 0.3) is 0 Å². The van der Waals surface area contributed by atoms with E-state index >= 15 is 0 Å². The van der Waals surface area contributed by atoms with E-state index in [9.17, 15) is 4.21 Å². The van der Waals surface area contributed by atoms with E-state index in [0.717, 1.165) is 17.7 Å². The Morgan fingerprint density at radius 1 is 1.08 bits per heavy atom. The summed E-state index contributed by atoms with van der Waals surface area (Å²) in [6.45, 7) is 0. The van der Waals surface area contributed by atoms with Crippen LogP contribution in [0.4, 0.5) is 0 Å². The van der Waals surface area contributed by atoms with Crippen molar-refractivity contribution < 1.29 is 13.4 Å². The van der Waals surface area contributed by atoms with Crippen LogP contribution in [0.3, 0.4) is 0 Å². The summed E-state index contributed by atoms with van der Waals surface area (Å²) in [6.07, 6.45) is 2.39. The highest BCUT2D eigenvalue weighted by molar-refractivity contribution is 7.84. The number of aryl methyl sites for hydroxylation is 1. The van der Waals surface area contributed by atoms with Gasteiger partial charge >= 0.3 is 0 Å². The van der Waals surface area contributed by atoms with Crippen molar-refractivity contribution in [3.05, 3.63) is 72.1 Å². The predicted molar refractivity (Wildman–Crippen MR) is 95.4 cm³/mol. The summed E-state index contributed by atoms with van der Waals surface area (Å²) in [5.74, 6) is 2.35. The van der Waals surface area contributed by atoms with Crippen LogP contribution in [0.15, 0.2) is 65.3 Å². The summed E-state index contributed by atoms with van der Waals surface area (Å²) in [7, 11) is 0.666. The molecule has 24 heavy (non-hydrogen) atoms. The second-order valence-electron chi connectivity index (χ2n) is 5.40. The Balaban J connectivity index is 1.58. The summed E-state index contributed by atoms with van der Waals surface area (Å²) in [6, 6.07) is 17.6. The van der Waals surface area contributed by atoms with Gasteiger partial charge in [0.05, 0.1) is 18.6 Å². The first-order valence-electron chi connectivity index (χ1n) is 7.72. The molecule has 5 heteroatoms. The van der Waals surface area contributed by atoms with Crippen LogP contribution in [0.25, 0.3) is 11.5 Å². The molecule has 2 aromatic carbocycles. The van der Waals surface area contributed by atoms with Gasteiger partial charge in [-0.05, 0) is 36.2 Å². The number of oxazole rings is 1. The lowest BCUT2D eigenvalue weighted by atomic mass is 10.2. The number of hydrogen-bond acceptors (Lipinski definition) is 4. The Bertz CT molecular complexity index is 797. The van der Waals surface area contributed by atoms with E-state index in [4.69, 9.17) is 9.15 Å². The zero-order chi connectivity index (χ0) is 16.8. The molecule has 0 saturated carbocycles. The van der Waals surface area contributed by atoms with Crippen LogP contribution in [0.5, 0.6) is 5.75 Å². The molecule has 3 aromatic rings. The second kappa shape index (κ2) is 7.93. The normalized spacial score (nSPS) is 12.0. The van der Waals surface area contributed by atoms with Gasteiger partial charge < -0.3 is 9.15 Å². The van der Waals surface area contributed by atoms with E-state index in [-0.39, 0.29) is 0 Å². The Labute approximate surface area is 144 Å². The minimum absolute atomic E-state index is 0.409. The molecule has 0 fully saturated rings. The molecule has 0 N–H and O–H groups in total. The lowest BCUT2D eigenvalue weighted by Gasteiger charge is -2.01. The van der Waals surface area contributed by atoms with Crippen molar-refractivity contribution in [1.82, 2.24) is 4.98 Å². The molecule has 0 saturated heterocycles. The highest BCUT2D eigenvalue weighted by atomic mass is 32.2. The zero-order valence-corrected chi connectivity index (χ0v) is 14.3. The fourth-order valence-corrected chi connectivity index (χ4v) is 3.42. The van der Waals surface area contributed by atoms with E-state index in [1.165, 1.54) is 5.56 Å². The Hall–Kier alpha value is -2.40. The van der Waals surface area contributed by atoms with Gasteiger partial charge in [0.1, 0.15) is 12.0 Å². The van der Waals surface area contributed by atoms with Crippen LogP contribution in [-0.4, -0.2) is 22.1 Å². The predicted octanol–water partition coefficient (Wildman–Crippen LogP) is 3.84. The van der Waals surface area contributed by atoms with Gasteiger partial charge in [-0.25, -0.2) is 4.98 Å². The van der Waals surface area contributed by atoms with E-state index in [1.807, 2.05) is 42.5 Å². The molecule has 1 atom stereocenters. The summed E-state index contributed by atoms with van der Waals surface area (Å²) < 4.78 is 22.9. The van der Waals surface area contributed by atoms with Gasteiger partial charge in [-0.15, -0.1) is 0 Å². The van der Waals surface area contributed by atoms with Crippen molar-refractivity contribution in [2.24, 2.45) is 0 Å². The summed E-state index contributed by atoms with van der Waals surface area (Å²) >= 11 is 0. The number of nitrogens with zero attached hydrogens (tertiary/aromatic N) is 1. The summed E-state index contributed by atoms with van der Waals surface area (Å²) in [5, 5.41) is 0. The smallest absolute Gasteiger partial charge is 0.226 e. The molecule has 0 unspecified atom stereocenters. The van der Waals surface area contributed by atoms with Crippen LogP contribution in [0, 0.1) is 0 Å². The maximum absolute atomic E-state index is 12.2. The summed E-state index contributed by atoms with van der Waals surface area (Å²) in [4.78, 5) is 4.43. The van der Waals surface area contributed by atoms with Crippen molar-refractivity contribution in [2.75, 3.05) is 12.9 Å². The fraction of sp³-hybridized carbons (Fsp3) is 0.211. The molecule has 0 spiro atoms. The topological polar surface area (TPSA) is 52.3 Å². The van der Waals surface area contributed by atoms with Crippen molar-refractivity contribution in [3.8, 4) is 17.2 Å². The van der Waals surface area contributed by atoms with Crippen LogP contribution >= 0.6 is 0 Å². The van der Waals surface area contributed by atoms with Gasteiger partial charge in [0.15, 0.2) is 0 Å². The molecule has 0 radical (unpaired) electrons. The first kappa shape index (κ1) is 16.5. The molecule has 0 aliphatic heterocycles. The lowest BCUT2D eigenvalue weighted by molar-refractivity contribution is 0.415. The summed E-state index contributed by atoms with van der Waals surface area (Å²) in [5.41, 5.74) is 2.79. The fourth-order valence-electron chi connectivity index (χ4n) is 2.35. The molecule has 1 aromatic heterocycles. The monoisotopic (exact) mass is 341 g/mol. The third-order valence-electron chi connectivity index (χ3n) is 3.66. The van der Waals surface area contributed by atoms with Gasteiger partial charge in [-0.3, -0.25) is 4.21 Å². The maximum Gasteiger partial charge on any atom is 0.226 e. The number of benzene rings is 2. The molecule has 3 rings (SSSR count). The average molecular weight is 341 g/mol. The molecule has 0 bridgehead atoms. The van der Waals surface area contributed by atoms with Crippen molar-refractivity contribution in [3.63, 3.8) is 0 Å². The van der Waals surface area contributed by atoms with Crippen molar-refractivity contribution in [1.29, 1.82) is 0 Å². The van der Waals surface area contributed by atoms with Gasteiger partial charge in [-0.2, -0.15) is 0 Å². The first-order chi connectivity index (χ1) is 11.7. The number of hydrogen-bond donors (Lipinski definition) is 0. The molecule has 0 aliphatic carbocycles. The van der Waals surface area contributed by atoms with Gasteiger partial charge in [-0.1, -0.05) is 30.3 Å². The van der Waals surface area contributed by atoms with Gasteiger partial charge in [0, 0.05) is 22.1 Å². The molecule has 0 aliphatic rings. The van der Waals surface area contributed by atoms with E-state index < -0.39 is 10.8 Å². The zero-order valence-electron chi connectivity index (χ0n) is 13.5. The van der Waals surface area contributed by atoms with Crippen LogP contribution in [-0.2, 0) is 23.0 Å². The number of aromatic nitrogens is 1. The Morgan fingerprint density at radius 2 is 1.83 bits per heavy atom. The molecule has 4 nitrogen and oxygen atoms in total. The Kier molecular flexibility index (Phi) is 5.43. The second-order valence-corrected chi connectivity index (χ2v) is 6.97. The molecule has 0 amide bonds. The molecular weight excluding hydrogens is 322 g/mol. The number of methoxy groups -OCH3 is 1. The van der Waals surface area contributed by atoms with Crippen LogP contribution in [0.2, 0.25) is 0 Å². The molecule has 1 heterocycles. The van der Waals surface area contributed by atoms with E-state index in [1.54, 1.807) is 13.4 Å². The number of ether oxygens (including phenoxy) is 1. The third-order valence-corrected chi connectivity index (χ3v) is 4.94. The minimum atomic E-state index is -0.962. The van der Waals surface area contributed by atoms with E-state index in [2.05, 4.69) is 17.1 Å². The largest absolute Gasteiger partial charge is 0.497 e. The van der Waals surface area contributed by atoms with Gasteiger partial charge in [0.2, 0.25) is 5.89 Å². The van der Waals surface area contributed by atoms with E-state index in [0.29, 0.717) is 23.1 Å².